The quantitative estimate of drug-likeness (QED) is 0.437. The number of piperazine rings is 1. The fraction of sp³-hybridized carbons (Fsp3) is 0.360. The number of rotatable bonds is 5. The molecule has 2 aliphatic rings. The third-order valence-corrected chi connectivity index (χ3v) is 7.30. The van der Waals surface area contributed by atoms with Crippen LogP contribution in [0.3, 0.4) is 0 Å². The van der Waals surface area contributed by atoms with E-state index in [-0.39, 0.29) is 0 Å². The zero-order valence-electron chi connectivity index (χ0n) is 19.0. The van der Waals surface area contributed by atoms with Gasteiger partial charge in [-0.3, -0.25) is 4.90 Å². The highest BCUT2D eigenvalue weighted by Crippen LogP contribution is 2.38. The molecule has 4 aromatic rings. The van der Waals surface area contributed by atoms with Crippen LogP contribution in [0.5, 0.6) is 0 Å². The maximum Gasteiger partial charge on any atom is 0.225 e. The molecule has 6 rings (SSSR count). The molecule has 0 aliphatic carbocycles. The van der Waals surface area contributed by atoms with Crippen LogP contribution in [0.2, 0.25) is 0 Å². The van der Waals surface area contributed by atoms with Gasteiger partial charge in [0.25, 0.3) is 0 Å². The largest absolute Gasteiger partial charge is 0.379 e. The molecule has 0 spiro atoms. The average molecular weight is 474 g/mol. The Hall–Kier alpha value is -3.14. The van der Waals surface area contributed by atoms with Gasteiger partial charge in [-0.05, 0) is 11.6 Å². The third-order valence-electron chi connectivity index (χ3n) is 6.43. The first-order valence-electron chi connectivity index (χ1n) is 11.8. The lowest BCUT2D eigenvalue weighted by molar-refractivity contribution is 0.0331. The number of hydrogen-bond acceptors (Lipinski definition) is 9. The molecule has 3 aromatic heterocycles. The van der Waals surface area contributed by atoms with Crippen molar-refractivity contribution in [2.45, 2.75) is 6.54 Å². The van der Waals surface area contributed by atoms with E-state index in [9.17, 15) is 0 Å². The molecule has 174 valence electrons. The first-order chi connectivity index (χ1) is 16.8. The van der Waals surface area contributed by atoms with Gasteiger partial charge in [0, 0.05) is 62.6 Å². The van der Waals surface area contributed by atoms with Gasteiger partial charge in [0.2, 0.25) is 5.95 Å². The monoisotopic (exact) mass is 473 g/mol. The van der Waals surface area contributed by atoms with Crippen LogP contribution in [-0.4, -0.2) is 77.3 Å². The molecule has 0 atom stereocenters. The molecule has 2 aliphatic heterocycles. The number of hydrogen-bond donors (Lipinski definition) is 0. The van der Waals surface area contributed by atoms with Gasteiger partial charge in [-0.1, -0.05) is 30.3 Å². The van der Waals surface area contributed by atoms with Crippen LogP contribution in [0, 0.1) is 0 Å². The van der Waals surface area contributed by atoms with Crippen LogP contribution in [-0.2, 0) is 11.3 Å². The van der Waals surface area contributed by atoms with Crippen molar-refractivity contribution in [3.63, 3.8) is 0 Å². The summed E-state index contributed by atoms with van der Waals surface area (Å²) in [6.45, 7) is 7.60. The minimum Gasteiger partial charge on any atom is -0.379 e. The summed E-state index contributed by atoms with van der Waals surface area (Å²) >= 11 is 1.71. The first-order valence-corrected chi connectivity index (χ1v) is 12.6. The summed E-state index contributed by atoms with van der Waals surface area (Å²) in [5.41, 5.74) is 2.41. The Balaban J connectivity index is 1.35. The molecule has 5 heterocycles. The van der Waals surface area contributed by atoms with Crippen molar-refractivity contribution in [3.8, 4) is 11.1 Å². The highest BCUT2D eigenvalue weighted by molar-refractivity contribution is 7.17. The molecule has 1 aromatic carbocycles. The molecule has 0 N–H and O–H groups in total. The van der Waals surface area contributed by atoms with Gasteiger partial charge in [-0.2, -0.15) is 0 Å². The SMILES string of the molecule is c1ccc(-c2csc3nc(CN4CCOCC4)nc(N4CCN(c5ncccn5)CC4)c23)cc1. The second kappa shape index (κ2) is 9.61. The number of morpholine rings is 1. The molecular weight excluding hydrogens is 446 g/mol. The zero-order chi connectivity index (χ0) is 22.7. The summed E-state index contributed by atoms with van der Waals surface area (Å²) in [6.07, 6.45) is 3.61. The number of nitrogens with zero attached hydrogens (tertiary/aromatic N) is 7. The summed E-state index contributed by atoms with van der Waals surface area (Å²) in [6, 6.07) is 12.4. The summed E-state index contributed by atoms with van der Waals surface area (Å²) in [4.78, 5) is 27.1. The topological polar surface area (TPSA) is 70.5 Å². The smallest absolute Gasteiger partial charge is 0.225 e. The number of anilines is 2. The highest BCUT2D eigenvalue weighted by atomic mass is 32.1. The standard InChI is InChI=1S/C25H27N7OS/c1-2-5-19(6-3-1)20-18-34-24-22(20)23(28-21(29-24)17-30-13-15-33-16-14-30)31-9-11-32(12-10-31)25-26-7-4-8-27-25/h1-8,18H,9-17H2. The molecule has 0 bridgehead atoms. The minimum atomic E-state index is 0.753. The number of thiophene rings is 1. The Labute approximate surface area is 202 Å². The van der Waals surface area contributed by atoms with Crippen LogP contribution in [0.1, 0.15) is 5.82 Å². The molecule has 2 fully saturated rings. The van der Waals surface area contributed by atoms with E-state index >= 15 is 0 Å². The number of ether oxygens (including phenoxy) is 1. The van der Waals surface area contributed by atoms with Crippen LogP contribution in [0.4, 0.5) is 11.8 Å². The van der Waals surface area contributed by atoms with Gasteiger partial charge in [0.1, 0.15) is 16.5 Å². The lowest BCUT2D eigenvalue weighted by Crippen LogP contribution is -2.47. The van der Waals surface area contributed by atoms with E-state index in [4.69, 9.17) is 14.7 Å². The van der Waals surface area contributed by atoms with Gasteiger partial charge in [0.05, 0.1) is 25.1 Å². The maximum absolute atomic E-state index is 5.52. The normalized spacial score (nSPS) is 17.4. The van der Waals surface area contributed by atoms with Crippen molar-refractivity contribution in [2.24, 2.45) is 0 Å². The van der Waals surface area contributed by atoms with Crippen LogP contribution in [0.25, 0.3) is 21.3 Å². The molecule has 8 nitrogen and oxygen atoms in total. The Bertz CT molecular complexity index is 1240. The molecule has 0 saturated carbocycles. The second-order valence-corrected chi connectivity index (χ2v) is 9.43. The predicted octanol–water partition coefficient (Wildman–Crippen LogP) is 3.31. The van der Waals surface area contributed by atoms with Crippen LogP contribution >= 0.6 is 11.3 Å². The number of fused-ring (bicyclic) bond motifs is 1. The first kappa shape index (κ1) is 21.4. The van der Waals surface area contributed by atoms with E-state index in [0.29, 0.717) is 0 Å². The van der Waals surface area contributed by atoms with Crippen molar-refractivity contribution >= 4 is 33.3 Å². The molecule has 2 saturated heterocycles. The van der Waals surface area contributed by atoms with Crippen LogP contribution in [0.15, 0.2) is 54.2 Å². The van der Waals surface area contributed by atoms with Crippen LogP contribution < -0.4 is 9.80 Å². The molecule has 0 unspecified atom stereocenters. The van der Waals surface area contributed by atoms with Gasteiger partial charge < -0.3 is 14.5 Å². The predicted molar refractivity (Wildman–Crippen MR) is 135 cm³/mol. The zero-order valence-corrected chi connectivity index (χ0v) is 19.8. The number of aromatic nitrogens is 4. The van der Waals surface area contributed by atoms with E-state index in [1.54, 1.807) is 23.7 Å². The van der Waals surface area contributed by atoms with Gasteiger partial charge in [0.15, 0.2) is 0 Å². The third kappa shape index (κ3) is 4.34. The Kier molecular flexibility index (Phi) is 6.05. The molecule has 0 radical (unpaired) electrons. The molecular formula is C25H27N7OS. The van der Waals surface area contributed by atoms with Crippen molar-refractivity contribution < 1.29 is 4.74 Å². The number of benzene rings is 1. The Morgan fingerprint density at radius 1 is 0.824 bits per heavy atom. The van der Waals surface area contributed by atoms with Gasteiger partial charge in [-0.25, -0.2) is 19.9 Å². The van der Waals surface area contributed by atoms with E-state index in [1.165, 1.54) is 11.1 Å². The van der Waals surface area contributed by atoms with Gasteiger partial charge in [-0.15, -0.1) is 11.3 Å². The molecule has 34 heavy (non-hydrogen) atoms. The van der Waals surface area contributed by atoms with Crippen molar-refractivity contribution in [3.05, 3.63) is 60.0 Å². The fourth-order valence-electron chi connectivity index (χ4n) is 4.63. The van der Waals surface area contributed by atoms with E-state index in [1.807, 2.05) is 6.07 Å². The van der Waals surface area contributed by atoms with E-state index in [2.05, 4.69) is 60.4 Å². The van der Waals surface area contributed by atoms with Gasteiger partial charge >= 0.3 is 0 Å². The Morgan fingerprint density at radius 3 is 2.32 bits per heavy atom. The average Bonchev–Trinajstić information content (AvgIpc) is 3.34. The highest BCUT2D eigenvalue weighted by Gasteiger charge is 2.25. The summed E-state index contributed by atoms with van der Waals surface area (Å²) in [5, 5.41) is 3.39. The van der Waals surface area contributed by atoms with Crippen molar-refractivity contribution in [1.82, 2.24) is 24.8 Å². The lowest BCUT2D eigenvalue weighted by atomic mass is 10.1. The van der Waals surface area contributed by atoms with E-state index < -0.39 is 0 Å². The Morgan fingerprint density at radius 2 is 1.56 bits per heavy atom. The summed E-state index contributed by atoms with van der Waals surface area (Å²) < 4.78 is 5.52. The summed E-state index contributed by atoms with van der Waals surface area (Å²) in [7, 11) is 0. The van der Waals surface area contributed by atoms with E-state index in [0.717, 1.165) is 86.8 Å². The fourth-order valence-corrected chi connectivity index (χ4v) is 5.59. The maximum atomic E-state index is 5.52. The molecule has 0 amide bonds. The second-order valence-electron chi connectivity index (χ2n) is 8.57. The van der Waals surface area contributed by atoms with Crippen molar-refractivity contribution in [2.75, 3.05) is 62.3 Å². The summed E-state index contributed by atoms with van der Waals surface area (Å²) in [5.74, 6) is 2.73. The minimum absolute atomic E-state index is 0.753. The van der Waals surface area contributed by atoms with Crippen molar-refractivity contribution in [1.29, 1.82) is 0 Å². The molecule has 9 heteroatoms. The lowest BCUT2D eigenvalue weighted by Gasteiger charge is -2.36.